The molecular formula is C19H24ClN5O4S. The molecule has 30 heavy (non-hydrogen) atoms. The summed E-state index contributed by atoms with van der Waals surface area (Å²) in [4.78, 5) is 23.9. The summed E-state index contributed by atoms with van der Waals surface area (Å²) in [6.07, 6.45) is 0.842. The van der Waals surface area contributed by atoms with Crippen molar-refractivity contribution in [1.82, 2.24) is 14.9 Å². The summed E-state index contributed by atoms with van der Waals surface area (Å²) in [6, 6.07) is 5.79. The van der Waals surface area contributed by atoms with Crippen molar-refractivity contribution >= 4 is 39.3 Å². The molecule has 1 aromatic heterocycles. The SMILES string of the molecule is CC(C)(C)OC(=O)N1CCN(c2ncc(S(=O)(=O)c3ccc(Cl)cc3)c(N)n2)CC1. The van der Waals surface area contributed by atoms with Crippen LogP contribution < -0.4 is 10.6 Å². The Morgan fingerprint density at radius 2 is 1.73 bits per heavy atom. The Kier molecular flexibility index (Phi) is 6.09. The lowest BCUT2D eigenvalue weighted by atomic mass is 10.2. The van der Waals surface area contributed by atoms with Gasteiger partial charge in [0.2, 0.25) is 15.8 Å². The highest BCUT2D eigenvalue weighted by Gasteiger charge is 2.28. The van der Waals surface area contributed by atoms with Gasteiger partial charge in [-0.25, -0.2) is 18.2 Å². The zero-order chi connectivity index (χ0) is 22.1. The summed E-state index contributed by atoms with van der Waals surface area (Å²) in [6.45, 7) is 7.27. The Labute approximate surface area is 180 Å². The number of hydrogen-bond acceptors (Lipinski definition) is 8. The summed E-state index contributed by atoms with van der Waals surface area (Å²) in [5, 5.41) is 0.430. The molecule has 1 amide bonds. The minimum absolute atomic E-state index is 0.0564. The molecular weight excluding hydrogens is 430 g/mol. The standard InChI is InChI=1S/C19H24ClN5O4S/c1-19(2,3)29-18(26)25-10-8-24(9-11-25)17-22-12-15(16(21)23-17)30(27,28)14-6-4-13(20)5-7-14/h4-7,12H,8-11H2,1-3H3,(H2,21,22,23). The molecule has 0 unspecified atom stereocenters. The van der Waals surface area contributed by atoms with Crippen LogP contribution in [0.25, 0.3) is 0 Å². The first-order valence-corrected chi connectivity index (χ1v) is 11.2. The van der Waals surface area contributed by atoms with Gasteiger partial charge in [-0.3, -0.25) is 0 Å². The second kappa shape index (κ2) is 8.27. The number of hydrogen-bond donors (Lipinski definition) is 1. The van der Waals surface area contributed by atoms with E-state index in [0.717, 1.165) is 0 Å². The highest BCUT2D eigenvalue weighted by Crippen LogP contribution is 2.26. The third kappa shape index (κ3) is 4.93. The average molecular weight is 454 g/mol. The van der Waals surface area contributed by atoms with Crippen molar-refractivity contribution in [3.05, 3.63) is 35.5 Å². The molecule has 2 heterocycles. The van der Waals surface area contributed by atoms with E-state index in [1.165, 1.54) is 30.5 Å². The largest absolute Gasteiger partial charge is 0.444 e. The molecule has 1 aromatic carbocycles. The zero-order valence-electron chi connectivity index (χ0n) is 17.0. The minimum atomic E-state index is -3.87. The second-order valence-electron chi connectivity index (χ2n) is 7.83. The molecule has 1 aliphatic rings. The van der Waals surface area contributed by atoms with Crippen LogP contribution in [0.2, 0.25) is 5.02 Å². The molecule has 0 saturated carbocycles. The molecule has 162 valence electrons. The number of halogens is 1. The molecule has 0 atom stereocenters. The number of anilines is 2. The summed E-state index contributed by atoms with van der Waals surface area (Å²) in [5.74, 6) is 0.177. The molecule has 9 nitrogen and oxygen atoms in total. The van der Waals surface area contributed by atoms with E-state index in [-0.39, 0.29) is 21.7 Å². The lowest BCUT2D eigenvalue weighted by molar-refractivity contribution is 0.0240. The van der Waals surface area contributed by atoms with E-state index in [0.29, 0.717) is 37.1 Å². The van der Waals surface area contributed by atoms with Gasteiger partial charge in [-0.1, -0.05) is 11.6 Å². The van der Waals surface area contributed by atoms with Crippen molar-refractivity contribution in [2.75, 3.05) is 36.8 Å². The number of sulfone groups is 1. The molecule has 1 saturated heterocycles. The number of nitrogens with two attached hydrogens (primary N) is 1. The molecule has 1 fully saturated rings. The molecule has 0 bridgehead atoms. The van der Waals surface area contributed by atoms with Crippen LogP contribution in [0, 0.1) is 0 Å². The Bertz CT molecular complexity index is 1030. The summed E-state index contributed by atoms with van der Waals surface area (Å²) in [7, 11) is -3.87. The van der Waals surface area contributed by atoms with Gasteiger partial charge in [0.1, 0.15) is 16.3 Å². The predicted octanol–water partition coefficient (Wildman–Crippen LogP) is 2.60. The van der Waals surface area contributed by atoms with E-state index >= 15 is 0 Å². The van der Waals surface area contributed by atoms with Crippen molar-refractivity contribution in [3.63, 3.8) is 0 Å². The van der Waals surface area contributed by atoms with Gasteiger partial charge in [-0.05, 0) is 45.0 Å². The molecule has 11 heteroatoms. The smallest absolute Gasteiger partial charge is 0.410 e. The maximum atomic E-state index is 12.8. The minimum Gasteiger partial charge on any atom is -0.444 e. The first-order valence-electron chi connectivity index (χ1n) is 9.33. The maximum Gasteiger partial charge on any atom is 0.410 e. The summed E-state index contributed by atoms with van der Waals surface area (Å²) in [5.41, 5.74) is 5.40. The van der Waals surface area contributed by atoms with Gasteiger partial charge in [0, 0.05) is 31.2 Å². The molecule has 0 aliphatic carbocycles. The van der Waals surface area contributed by atoms with Gasteiger partial charge >= 0.3 is 6.09 Å². The van der Waals surface area contributed by atoms with Crippen LogP contribution in [0.15, 0.2) is 40.3 Å². The first kappa shape index (κ1) is 22.1. The Morgan fingerprint density at radius 3 is 2.27 bits per heavy atom. The van der Waals surface area contributed by atoms with Gasteiger partial charge < -0.3 is 20.3 Å². The maximum absolute atomic E-state index is 12.8. The third-order valence-electron chi connectivity index (χ3n) is 4.40. The fourth-order valence-electron chi connectivity index (χ4n) is 2.89. The van der Waals surface area contributed by atoms with Gasteiger partial charge in [0.05, 0.1) is 11.1 Å². The van der Waals surface area contributed by atoms with Crippen LogP contribution in [-0.4, -0.2) is 61.2 Å². The number of nitrogens with zero attached hydrogens (tertiary/aromatic N) is 4. The molecule has 2 aromatic rings. The molecule has 2 N–H and O–H groups in total. The van der Waals surface area contributed by atoms with Gasteiger partial charge in [0.25, 0.3) is 0 Å². The fraction of sp³-hybridized carbons (Fsp3) is 0.421. The van der Waals surface area contributed by atoms with Crippen molar-refractivity contribution in [2.45, 2.75) is 36.2 Å². The third-order valence-corrected chi connectivity index (χ3v) is 6.44. The van der Waals surface area contributed by atoms with Crippen LogP contribution in [-0.2, 0) is 14.6 Å². The van der Waals surface area contributed by atoms with E-state index in [1.807, 2.05) is 25.7 Å². The average Bonchev–Trinajstić information content (AvgIpc) is 2.67. The lowest BCUT2D eigenvalue weighted by Gasteiger charge is -2.35. The monoisotopic (exact) mass is 453 g/mol. The number of benzene rings is 1. The van der Waals surface area contributed by atoms with E-state index in [9.17, 15) is 13.2 Å². The van der Waals surface area contributed by atoms with E-state index in [2.05, 4.69) is 9.97 Å². The Hall–Kier alpha value is -2.59. The van der Waals surface area contributed by atoms with Crippen LogP contribution in [0.1, 0.15) is 20.8 Å². The normalized spacial score (nSPS) is 15.2. The fourth-order valence-corrected chi connectivity index (χ4v) is 4.28. The zero-order valence-corrected chi connectivity index (χ0v) is 18.6. The van der Waals surface area contributed by atoms with Crippen LogP contribution >= 0.6 is 11.6 Å². The topological polar surface area (TPSA) is 119 Å². The van der Waals surface area contributed by atoms with E-state index in [1.54, 1.807) is 4.90 Å². The summed E-state index contributed by atoms with van der Waals surface area (Å²) < 4.78 is 31.0. The van der Waals surface area contributed by atoms with Crippen molar-refractivity contribution in [2.24, 2.45) is 0 Å². The lowest BCUT2D eigenvalue weighted by Crippen LogP contribution is -2.50. The number of carbonyl (C=O) groups excluding carboxylic acids is 1. The van der Waals surface area contributed by atoms with Gasteiger partial charge in [0.15, 0.2) is 0 Å². The summed E-state index contributed by atoms with van der Waals surface area (Å²) >= 11 is 5.82. The number of amides is 1. The highest BCUT2D eigenvalue weighted by molar-refractivity contribution is 7.91. The number of aromatic nitrogens is 2. The van der Waals surface area contributed by atoms with Crippen molar-refractivity contribution in [1.29, 1.82) is 0 Å². The van der Waals surface area contributed by atoms with Gasteiger partial charge in [-0.15, -0.1) is 0 Å². The number of ether oxygens (including phenoxy) is 1. The first-order chi connectivity index (χ1) is 14.0. The van der Waals surface area contributed by atoms with Gasteiger partial charge in [-0.2, -0.15) is 4.98 Å². The molecule has 0 spiro atoms. The molecule has 1 aliphatic heterocycles. The number of nitrogen functional groups attached to an aromatic ring is 1. The number of carbonyl (C=O) groups is 1. The van der Waals surface area contributed by atoms with Crippen LogP contribution in [0.4, 0.5) is 16.6 Å². The predicted molar refractivity (Wildman–Crippen MR) is 113 cm³/mol. The quantitative estimate of drug-likeness (QED) is 0.753. The Morgan fingerprint density at radius 1 is 1.13 bits per heavy atom. The van der Waals surface area contributed by atoms with Crippen molar-refractivity contribution < 1.29 is 17.9 Å². The Balaban J connectivity index is 1.72. The van der Waals surface area contributed by atoms with Crippen LogP contribution in [0.5, 0.6) is 0 Å². The number of piperazine rings is 1. The highest BCUT2D eigenvalue weighted by atomic mass is 35.5. The van der Waals surface area contributed by atoms with Crippen LogP contribution in [0.3, 0.4) is 0 Å². The van der Waals surface area contributed by atoms with E-state index < -0.39 is 15.4 Å². The molecule has 3 rings (SSSR count). The number of rotatable bonds is 3. The second-order valence-corrected chi connectivity index (χ2v) is 10.2. The molecule has 0 radical (unpaired) electrons. The van der Waals surface area contributed by atoms with E-state index in [4.69, 9.17) is 22.1 Å². The van der Waals surface area contributed by atoms with Crippen molar-refractivity contribution in [3.8, 4) is 0 Å².